The standard InChI is InChI=1S/C19H20N6O/c1-25(19-14-9-20-10-15(14)19)18-5-4-16(23-24-18)13-3-2-11(6-17(13)26)12-7-21-22-8-12/h2-8,14-15,19-20,26H,9-10H2,1H3,(H,21,22)/t14-,15+,19+. The molecule has 1 saturated heterocycles. The van der Waals surface area contributed by atoms with Gasteiger partial charge in [0, 0.05) is 43.5 Å². The lowest BCUT2D eigenvalue weighted by Gasteiger charge is -2.20. The number of hydrogen-bond donors (Lipinski definition) is 3. The zero-order valence-corrected chi connectivity index (χ0v) is 14.4. The number of phenols is 1. The number of phenolic OH excluding ortho intramolecular Hbond substituents is 1. The van der Waals surface area contributed by atoms with E-state index in [9.17, 15) is 5.11 Å². The van der Waals surface area contributed by atoms with Gasteiger partial charge in [0.1, 0.15) is 5.75 Å². The van der Waals surface area contributed by atoms with Crippen molar-refractivity contribution in [2.24, 2.45) is 11.8 Å². The van der Waals surface area contributed by atoms with Crippen LogP contribution in [0.5, 0.6) is 5.75 Å². The van der Waals surface area contributed by atoms with Gasteiger partial charge in [0.2, 0.25) is 0 Å². The van der Waals surface area contributed by atoms with Crippen LogP contribution in [-0.2, 0) is 0 Å². The summed E-state index contributed by atoms with van der Waals surface area (Å²) in [6.07, 6.45) is 3.52. The molecule has 2 aromatic heterocycles. The van der Waals surface area contributed by atoms with E-state index in [0.717, 1.165) is 41.9 Å². The van der Waals surface area contributed by atoms with E-state index in [1.54, 1.807) is 18.5 Å². The number of piperidine rings is 1. The molecule has 3 N–H and O–H groups in total. The van der Waals surface area contributed by atoms with Crippen molar-refractivity contribution >= 4 is 5.82 Å². The van der Waals surface area contributed by atoms with Gasteiger partial charge in [-0.3, -0.25) is 5.10 Å². The largest absolute Gasteiger partial charge is 0.507 e. The van der Waals surface area contributed by atoms with Gasteiger partial charge in [-0.15, -0.1) is 10.2 Å². The Kier molecular flexibility index (Phi) is 3.43. The third kappa shape index (κ3) is 2.43. The van der Waals surface area contributed by atoms with Crippen molar-refractivity contribution in [1.29, 1.82) is 0 Å². The Morgan fingerprint density at radius 3 is 2.58 bits per heavy atom. The number of hydrogen-bond acceptors (Lipinski definition) is 6. The highest BCUT2D eigenvalue weighted by atomic mass is 16.3. The zero-order chi connectivity index (χ0) is 17.7. The minimum atomic E-state index is 0.182. The van der Waals surface area contributed by atoms with Gasteiger partial charge in [-0.25, -0.2) is 0 Å². The molecule has 1 saturated carbocycles. The van der Waals surface area contributed by atoms with Gasteiger partial charge < -0.3 is 15.3 Å². The third-order valence-electron chi connectivity index (χ3n) is 5.61. The maximum Gasteiger partial charge on any atom is 0.151 e. The number of rotatable bonds is 4. The maximum absolute atomic E-state index is 10.4. The molecule has 0 bridgehead atoms. The normalized spacial score (nSPS) is 23.7. The van der Waals surface area contributed by atoms with Crippen molar-refractivity contribution in [2.45, 2.75) is 6.04 Å². The van der Waals surface area contributed by atoms with Crippen molar-refractivity contribution < 1.29 is 5.11 Å². The Morgan fingerprint density at radius 1 is 1.08 bits per heavy atom. The van der Waals surface area contributed by atoms with Crippen LogP contribution in [0.4, 0.5) is 5.82 Å². The topological polar surface area (TPSA) is 90.0 Å². The molecular formula is C19H20N6O. The van der Waals surface area contributed by atoms with E-state index in [2.05, 4.69) is 37.7 Å². The molecule has 1 aliphatic heterocycles. The summed E-state index contributed by atoms with van der Waals surface area (Å²) in [6, 6.07) is 10.00. The van der Waals surface area contributed by atoms with E-state index < -0.39 is 0 Å². The van der Waals surface area contributed by atoms with Crippen LogP contribution in [0.15, 0.2) is 42.7 Å². The molecule has 3 atom stereocenters. The molecule has 132 valence electrons. The van der Waals surface area contributed by atoms with E-state index in [4.69, 9.17) is 0 Å². The summed E-state index contributed by atoms with van der Waals surface area (Å²) in [5.74, 6) is 2.53. The number of nitrogens with zero attached hydrogens (tertiary/aromatic N) is 4. The first-order valence-corrected chi connectivity index (χ1v) is 8.82. The van der Waals surface area contributed by atoms with Crippen LogP contribution >= 0.6 is 0 Å². The van der Waals surface area contributed by atoms with Crippen LogP contribution in [-0.4, -0.2) is 51.7 Å². The summed E-state index contributed by atoms with van der Waals surface area (Å²) in [4.78, 5) is 2.23. The number of aromatic hydroxyl groups is 1. The maximum atomic E-state index is 10.4. The van der Waals surface area contributed by atoms with Crippen LogP contribution < -0.4 is 10.2 Å². The molecule has 1 aromatic carbocycles. The molecule has 3 heterocycles. The lowest BCUT2D eigenvalue weighted by Crippen LogP contribution is -2.30. The molecule has 5 rings (SSSR count). The second-order valence-electron chi connectivity index (χ2n) is 7.08. The van der Waals surface area contributed by atoms with Crippen LogP contribution in [0.2, 0.25) is 0 Å². The van der Waals surface area contributed by atoms with Gasteiger partial charge in [0.25, 0.3) is 0 Å². The number of H-pyrrole nitrogens is 1. The summed E-state index contributed by atoms with van der Waals surface area (Å²) in [5, 5.41) is 29.3. The monoisotopic (exact) mass is 348 g/mol. The van der Waals surface area contributed by atoms with Gasteiger partial charge in [0.15, 0.2) is 5.82 Å². The molecule has 0 amide bonds. The second-order valence-corrected chi connectivity index (χ2v) is 7.08. The van der Waals surface area contributed by atoms with Crippen molar-refractivity contribution in [3.8, 4) is 28.1 Å². The van der Waals surface area contributed by atoms with Crippen molar-refractivity contribution in [3.05, 3.63) is 42.7 Å². The number of nitrogens with one attached hydrogen (secondary N) is 2. The van der Waals surface area contributed by atoms with Gasteiger partial charge >= 0.3 is 0 Å². The van der Waals surface area contributed by atoms with E-state index >= 15 is 0 Å². The number of fused-ring (bicyclic) bond motifs is 1. The van der Waals surface area contributed by atoms with E-state index in [-0.39, 0.29) is 5.75 Å². The summed E-state index contributed by atoms with van der Waals surface area (Å²) in [5.41, 5.74) is 3.17. The summed E-state index contributed by atoms with van der Waals surface area (Å²) in [7, 11) is 2.09. The van der Waals surface area contributed by atoms with Crippen molar-refractivity contribution in [1.82, 2.24) is 25.7 Å². The molecule has 0 spiro atoms. The quantitative estimate of drug-likeness (QED) is 0.667. The highest BCUT2D eigenvalue weighted by Crippen LogP contribution is 2.46. The van der Waals surface area contributed by atoms with Gasteiger partial charge in [0.05, 0.1) is 11.9 Å². The highest BCUT2D eigenvalue weighted by molar-refractivity contribution is 5.73. The van der Waals surface area contributed by atoms with Crippen molar-refractivity contribution in [2.75, 3.05) is 25.0 Å². The minimum absolute atomic E-state index is 0.182. The number of anilines is 1. The SMILES string of the molecule is CN(c1ccc(-c2ccc(-c3cn[nH]c3)cc2O)nn1)[C@H]1[C@@H]2CNC[C@@H]21. The molecule has 0 radical (unpaired) electrons. The molecule has 7 nitrogen and oxygen atoms in total. The molecule has 2 fully saturated rings. The predicted molar refractivity (Wildman–Crippen MR) is 98.8 cm³/mol. The lowest BCUT2D eigenvalue weighted by atomic mass is 10.0. The predicted octanol–water partition coefficient (Wildman–Crippen LogP) is 1.89. The van der Waals surface area contributed by atoms with E-state index in [1.807, 2.05) is 24.3 Å². The van der Waals surface area contributed by atoms with Crippen LogP contribution in [0, 0.1) is 11.8 Å². The van der Waals surface area contributed by atoms with Gasteiger partial charge in [-0.1, -0.05) is 6.07 Å². The Morgan fingerprint density at radius 2 is 1.92 bits per heavy atom. The zero-order valence-electron chi connectivity index (χ0n) is 14.4. The number of aromatic amines is 1. The lowest BCUT2D eigenvalue weighted by molar-refractivity contribution is 0.477. The Bertz CT molecular complexity index is 914. The average Bonchev–Trinajstić information content (AvgIpc) is 3.07. The summed E-state index contributed by atoms with van der Waals surface area (Å²) < 4.78 is 0. The summed E-state index contributed by atoms with van der Waals surface area (Å²) in [6.45, 7) is 2.20. The first-order valence-electron chi connectivity index (χ1n) is 8.82. The average molecular weight is 348 g/mol. The fraction of sp³-hybridized carbons (Fsp3) is 0.316. The molecule has 26 heavy (non-hydrogen) atoms. The summed E-state index contributed by atoms with van der Waals surface area (Å²) >= 11 is 0. The first-order chi connectivity index (χ1) is 12.7. The first kappa shape index (κ1) is 15.3. The van der Waals surface area contributed by atoms with Crippen LogP contribution in [0.25, 0.3) is 22.4 Å². The molecule has 0 unspecified atom stereocenters. The molecular weight excluding hydrogens is 328 g/mol. The minimum Gasteiger partial charge on any atom is -0.507 e. The number of aromatic nitrogens is 4. The third-order valence-corrected chi connectivity index (χ3v) is 5.61. The van der Waals surface area contributed by atoms with Gasteiger partial charge in [-0.2, -0.15) is 5.10 Å². The van der Waals surface area contributed by atoms with Crippen LogP contribution in [0.3, 0.4) is 0 Å². The van der Waals surface area contributed by atoms with Crippen molar-refractivity contribution in [3.63, 3.8) is 0 Å². The van der Waals surface area contributed by atoms with Crippen LogP contribution in [0.1, 0.15) is 0 Å². The Balaban J connectivity index is 1.37. The van der Waals surface area contributed by atoms with E-state index in [0.29, 0.717) is 17.3 Å². The molecule has 2 aliphatic rings. The fourth-order valence-corrected chi connectivity index (χ4v) is 4.11. The molecule has 3 aromatic rings. The molecule has 7 heteroatoms. The number of benzene rings is 1. The Hall–Kier alpha value is -2.93. The fourth-order valence-electron chi connectivity index (χ4n) is 4.11. The second kappa shape index (κ2) is 5.81. The molecule has 1 aliphatic carbocycles. The highest BCUT2D eigenvalue weighted by Gasteiger charge is 2.55. The van der Waals surface area contributed by atoms with Gasteiger partial charge in [-0.05, 0) is 41.7 Å². The smallest absolute Gasteiger partial charge is 0.151 e. The van der Waals surface area contributed by atoms with E-state index in [1.165, 1.54) is 0 Å². The Labute approximate surface area is 151 Å².